The van der Waals surface area contributed by atoms with Crippen molar-refractivity contribution in [2.45, 2.75) is 39.4 Å². The summed E-state index contributed by atoms with van der Waals surface area (Å²) in [6.45, 7) is 6.09. The summed E-state index contributed by atoms with van der Waals surface area (Å²) in [5.74, 6) is 0.603. The van der Waals surface area contributed by atoms with Crippen LogP contribution >= 0.6 is 0 Å². The first kappa shape index (κ1) is 9.98. The zero-order valence-electron chi connectivity index (χ0n) is 7.04. The van der Waals surface area contributed by atoms with Crippen molar-refractivity contribution < 1.29 is 10.0 Å². The first-order valence-electron chi connectivity index (χ1n) is 3.94. The zero-order valence-corrected chi connectivity index (χ0v) is 7.04. The molecule has 0 aromatic rings. The minimum absolute atomic E-state index is 0.00921. The van der Waals surface area contributed by atoms with Gasteiger partial charge in [0.1, 0.15) is 0 Å². The van der Waals surface area contributed by atoms with Crippen LogP contribution in [0, 0.1) is 5.92 Å². The van der Waals surface area contributed by atoms with Crippen molar-refractivity contribution in [3.63, 3.8) is 0 Å². The van der Waals surface area contributed by atoms with Gasteiger partial charge in [-0.05, 0) is 18.2 Å². The van der Waals surface area contributed by atoms with E-state index in [9.17, 15) is 0 Å². The van der Waals surface area contributed by atoms with E-state index in [4.69, 9.17) is 10.0 Å². The van der Waals surface area contributed by atoms with Crippen molar-refractivity contribution in [1.29, 1.82) is 0 Å². The van der Waals surface area contributed by atoms with Crippen LogP contribution in [0.3, 0.4) is 0 Å². The second-order valence-corrected chi connectivity index (χ2v) is 3.14. The van der Waals surface area contributed by atoms with Crippen molar-refractivity contribution >= 4 is 7.12 Å². The van der Waals surface area contributed by atoms with Crippen LogP contribution in [0.2, 0.25) is 5.82 Å². The Kier molecular flexibility index (Phi) is 4.74. The fourth-order valence-corrected chi connectivity index (χ4v) is 0.923. The predicted octanol–water partition coefficient (Wildman–Crippen LogP) is 1.29. The van der Waals surface area contributed by atoms with Crippen molar-refractivity contribution in [2.24, 2.45) is 5.92 Å². The van der Waals surface area contributed by atoms with Crippen LogP contribution in [0.25, 0.3) is 0 Å². The van der Waals surface area contributed by atoms with Crippen LogP contribution in [-0.4, -0.2) is 17.2 Å². The van der Waals surface area contributed by atoms with E-state index in [2.05, 4.69) is 13.8 Å². The van der Waals surface area contributed by atoms with Crippen LogP contribution in [0.4, 0.5) is 0 Å². The summed E-state index contributed by atoms with van der Waals surface area (Å²) in [5, 5.41) is 17.4. The molecule has 0 fully saturated rings. The van der Waals surface area contributed by atoms with Gasteiger partial charge in [0.15, 0.2) is 0 Å². The zero-order chi connectivity index (χ0) is 8.15. The van der Waals surface area contributed by atoms with Gasteiger partial charge in [-0.15, -0.1) is 0 Å². The maximum atomic E-state index is 8.72. The third kappa shape index (κ3) is 3.91. The highest BCUT2D eigenvalue weighted by atomic mass is 16.4. The Morgan fingerprint density at radius 1 is 1.30 bits per heavy atom. The molecule has 60 valence electrons. The van der Waals surface area contributed by atoms with E-state index < -0.39 is 7.12 Å². The van der Waals surface area contributed by atoms with Crippen LogP contribution in [0.15, 0.2) is 0 Å². The van der Waals surface area contributed by atoms with E-state index in [1.54, 1.807) is 0 Å². The average molecular weight is 144 g/mol. The minimum atomic E-state index is -1.14. The van der Waals surface area contributed by atoms with E-state index >= 15 is 0 Å². The topological polar surface area (TPSA) is 40.5 Å². The summed E-state index contributed by atoms with van der Waals surface area (Å²) in [5.41, 5.74) is 0. The molecule has 0 aliphatic heterocycles. The van der Waals surface area contributed by atoms with Gasteiger partial charge in [0.25, 0.3) is 0 Å². The van der Waals surface area contributed by atoms with E-state index in [1.165, 1.54) is 0 Å². The van der Waals surface area contributed by atoms with Crippen LogP contribution < -0.4 is 0 Å². The van der Waals surface area contributed by atoms with Gasteiger partial charge in [-0.1, -0.05) is 27.2 Å². The monoisotopic (exact) mass is 144 g/mol. The Balaban J connectivity index is 3.46. The molecule has 0 radical (unpaired) electrons. The molecule has 0 aromatic carbocycles. The van der Waals surface area contributed by atoms with Gasteiger partial charge >= 0.3 is 7.12 Å². The highest BCUT2D eigenvalue weighted by Gasteiger charge is 2.19. The van der Waals surface area contributed by atoms with Gasteiger partial charge in [-0.2, -0.15) is 0 Å². The second-order valence-electron chi connectivity index (χ2n) is 3.14. The first-order chi connectivity index (χ1) is 4.57. The molecule has 0 aromatic heterocycles. The van der Waals surface area contributed by atoms with E-state index in [1.807, 2.05) is 6.92 Å². The molecule has 0 heterocycles. The Hall–Kier alpha value is -0.0151. The molecule has 0 saturated carbocycles. The van der Waals surface area contributed by atoms with Crippen LogP contribution in [0.1, 0.15) is 33.6 Å². The average Bonchev–Trinajstić information content (AvgIpc) is 1.87. The molecule has 10 heavy (non-hydrogen) atoms. The normalized spacial score (nSPS) is 16.5. The lowest BCUT2D eigenvalue weighted by atomic mass is 9.70. The Labute approximate surface area is 63.4 Å². The quantitative estimate of drug-likeness (QED) is 0.583. The van der Waals surface area contributed by atoms with Gasteiger partial charge in [-0.3, -0.25) is 0 Å². The number of hydrogen-bond acceptors (Lipinski definition) is 2. The molecule has 0 amide bonds. The van der Waals surface area contributed by atoms with Gasteiger partial charge in [0, 0.05) is 0 Å². The molecule has 0 saturated heterocycles. The van der Waals surface area contributed by atoms with E-state index in [0.29, 0.717) is 5.92 Å². The molecule has 0 unspecified atom stereocenters. The predicted molar refractivity (Wildman–Crippen MR) is 43.7 cm³/mol. The molecule has 0 aliphatic carbocycles. The maximum Gasteiger partial charge on any atom is 0.454 e. The molecule has 0 spiro atoms. The molecule has 0 aliphatic rings. The summed E-state index contributed by atoms with van der Waals surface area (Å²) >= 11 is 0. The molecule has 3 heteroatoms. The lowest BCUT2D eigenvalue weighted by molar-refractivity contribution is 0.367. The Bertz CT molecular complexity index is 85.7. The van der Waals surface area contributed by atoms with E-state index in [-0.39, 0.29) is 5.82 Å². The SMILES string of the molecule is CC[C@H](C)C[C@@H](C)B(O)O. The Morgan fingerprint density at radius 2 is 1.80 bits per heavy atom. The molecule has 2 atom stereocenters. The third-order valence-corrected chi connectivity index (χ3v) is 1.98. The van der Waals surface area contributed by atoms with E-state index in [0.717, 1.165) is 12.8 Å². The molecule has 2 nitrogen and oxygen atoms in total. The summed E-state index contributed by atoms with van der Waals surface area (Å²) in [7, 11) is -1.14. The third-order valence-electron chi connectivity index (χ3n) is 1.98. The molecular weight excluding hydrogens is 127 g/mol. The maximum absolute atomic E-state index is 8.72. The molecule has 0 rings (SSSR count). The summed E-state index contributed by atoms with van der Waals surface area (Å²) in [6.07, 6.45) is 2.01. The standard InChI is InChI=1S/C7H17BO2/c1-4-6(2)5-7(3)8(9)10/h6-7,9-10H,4-5H2,1-3H3/t6-,7+/m0/s1. The number of hydrogen-bond donors (Lipinski definition) is 2. The highest BCUT2D eigenvalue weighted by Crippen LogP contribution is 2.19. The lowest BCUT2D eigenvalue weighted by Gasteiger charge is -2.13. The van der Waals surface area contributed by atoms with Crippen molar-refractivity contribution in [3.05, 3.63) is 0 Å². The van der Waals surface area contributed by atoms with Gasteiger partial charge in [-0.25, -0.2) is 0 Å². The lowest BCUT2D eigenvalue weighted by Crippen LogP contribution is -2.19. The van der Waals surface area contributed by atoms with Crippen molar-refractivity contribution in [3.8, 4) is 0 Å². The highest BCUT2D eigenvalue weighted by molar-refractivity contribution is 6.42. The fourth-order valence-electron chi connectivity index (χ4n) is 0.923. The molecule has 0 bridgehead atoms. The smallest absolute Gasteiger partial charge is 0.427 e. The summed E-state index contributed by atoms with van der Waals surface area (Å²) in [6, 6.07) is 0. The largest absolute Gasteiger partial charge is 0.454 e. The second kappa shape index (κ2) is 4.75. The van der Waals surface area contributed by atoms with Gasteiger partial charge in [0.2, 0.25) is 0 Å². The molecule has 2 N–H and O–H groups in total. The first-order valence-corrected chi connectivity index (χ1v) is 3.94. The fraction of sp³-hybridized carbons (Fsp3) is 1.00. The number of rotatable bonds is 4. The molecular formula is C7H17BO2. The van der Waals surface area contributed by atoms with Crippen LogP contribution in [-0.2, 0) is 0 Å². The minimum Gasteiger partial charge on any atom is -0.427 e. The van der Waals surface area contributed by atoms with Crippen molar-refractivity contribution in [1.82, 2.24) is 0 Å². The van der Waals surface area contributed by atoms with Gasteiger partial charge < -0.3 is 10.0 Å². The summed E-state index contributed by atoms with van der Waals surface area (Å²) in [4.78, 5) is 0. The summed E-state index contributed by atoms with van der Waals surface area (Å²) < 4.78 is 0. The van der Waals surface area contributed by atoms with Crippen molar-refractivity contribution in [2.75, 3.05) is 0 Å². The Morgan fingerprint density at radius 3 is 2.10 bits per heavy atom. The van der Waals surface area contributed by atoms with Gasteiger partial charge in [0.05, 0.1) is 0 Å². The van der Waals surface area contributed by atoms with Crippen LogP contribution in [0.5, 0.6) is 0 Å².